The van der Waals surface area contributed by atoms with E-state index in [4.69, 9.17) is 9.47 Å². The minimum atomic E-state index is 0.823. The van der Waals surface area contributed by atoms with Gasteiger partial charge in [0, 0.05) is 13.6 Å². The van der Waals surface area contributed by atoms with Gasteiger partial charge in [-0.15, -0.1) is 0 Å². The Labute approximate surface area is 132 Å². The molecular formula is C18H24N2O2. The molecule has 0 heterocycles. The van der Waals surface area contributed by atoms with E-state index in [1.165, 1.54) is 5.56 Å². The third-order valence-corrected chi connectivity index (χ3v) is 3.76. The van der Waals surface area contributed by atoms with Crippen molar-refractivity contribution in [1.29, 1.82) is 0 Å². The molecular weight excluding hydrogens is 276 g/mol. The number of benzene rings is 2. The first kappa shape index (κ1) is 16.3. The number of likely N-dealkylation sites (N-methyl/N-ethyl adjacent to an activating group) is 1. The molecule has 0 fully saturated rings. The Morgan fingerprint density at radius 3 is 2.23 bits per heavy atom. The molecule has 1 N–H and O–H groups in total. The Morgan fingerprint density at radius 1 is 1.00 bits per heavy atom. The van der Waals surface area contributed by atoms with Crippen LogP contribution in [-0.4, -0.2) is 39.9 Å². The zero-order chi connectivity index (χ0) is 15.9. The summed E-state index contributed by atoms with van der Waals surface area (Å²) in [4.78, 5) is 0. The van der Waals surface area contributed by atoms with Crippen molar-refractivity contribution in [3.8, 4) is 22.6 Å². The van der Waals surface area contributed by atoms with Crippen LogP contribution in [0, 0.1) is 0 Å². The summed E-state index contributed by atoms with van der Waals surface area (Å²) in [6.45, 7) is 0.947. The van der Waals surface area contributed by atoms with Crippen LogP contribution < -0.4 is 14.9 Å². The van der Waals surface area contributed by atoms with E-state index in [-0.39, 0.29) is 0 Å². The van der Waals surface area contributed by atoms with E-state index in [1.807, 2.05) is 32.3 Å². The van der Waals surface area contributed by atoms with Gasteiger partial charge in [-0.25, -0.2) is 5.01 Å². The first-order valence-electron chi connectivity index (χ1n) is 7.38. The standard InChI is InChI=1S/C18H24N2O2/c1-19-20(2)12-11-14-7-5-8-15(13-14)18-16(21-3)9-6-10-17(18)22-4/h5-10,13,19H,11-12H2,1-4H3. The van der Waals surface area contributed by atoms with Crippen molar-refractivity contribution in [3.63, 3.8) is 0 Å². The van der Waals surface area contributed by atoms with Crippen molar-refractivity contribution in [2.75, 3.05) is 34.9 Å². The van der Waals surface area contributed by atoms with Crippen molar-refractivity contribution < 1.29 is 9.47 Å². The third-order valence-electron chi connectivity index (χ3n) is 3.76. The van der Waals surface area contributed by atoms with Gasteiger partial charge in [-0.1, -0.05) is 30.3 Å². The largest absolute Gasteiger partial charge is 0.496 e. The van der Waals surface area contributed by atoms with Crippen LogP contribution in [0.25, 0.3) is 11.1 Å². The fourth-order valence-corrected chi connectivity index (χ4v) is 2.43. The van der Waals surface area contributed by atoms with Crippen LogP contribution in [0.3, 0.4) is 0 Å². The molecule has 0 spiro atoms. The molecule has 2 aromatic carbocycles. The van der Waals surface area contributed by atoms with Gasteiger partial charge in [0.1, 0.15) is 11.5 Å². The van der Waals surface area contributed by atoms with Gasteiger partial charge < -0.3 is 9.47 Å². The Hall–Kier alpha value is -2.04. The molecule has 0 radical (unpaired) electrons. The van der Waals surface area contributed by atoms with E-state index in [0.29, 0.717) is 0 Å². The van der Waals surface area contributed by atoms with E-state index >= 15 is 0 Å². The van der Waals surface area contributed by atoms with Crippen LogP contribution in [0.2, 0.25) is 0 Å². The molecule has 0 amide bonds. The number of rotatable bonds is 7. The minimum absolute atomic E-state index is 0.823. The van der Waals surface area contributed by atoms with Crippen LogP contribution in [-0.2, 0) is 6.42 Å². The summed E-state index contributed by atoms with van der Waals surface area (Å²) in [7, 11) is 7.33. The maximum Gasteiger partial charge on any atom is 0.130 e. The number of nitrogens with one attached hydrogen (secondary N) is 1. The zero-order valence-corrected chi connectivity index (χ0v) is 13.7. The summed E-state index contributed by atoms with van der Waals surface area (Å²) >= 11 is 0. The van der Waals surface area contributed by atoms with Gasteiger partial charge in [0.15, 0.2) is 0 Å². The molecule has 0 aliphatic carbocycles. The summed E-state index contributed by atoms with van der Waals surface area (Å²) < 4.78 is 11.0. The maximum atomic E-state index is 5.50. The normalized spacial score (nSPS) is 10.8. The lowest BCUT2D eigenvalue weighted by Crippen LogP contribution is -2.32. The maximum absolute atomic E-state index is 5.50. The number of hydrogen-bond donors (Lipinski definition) is 1. The number of nitrogens with zero attached hydrogens (tertiary/aromatic N) is 1. The fourth-order valence-electron chi connectivity index (χ4n) is 2.43. The molecule has 4 heteroatoms. The SMILES string of the molecule is CNN(C)CCc1cccc(-c2c(OC)cccc2OC)c1. The lowest BCUT2D eigenvalue weighted by atomic mass is 10.00. The average molecular weight is 300 g/mol. The number of hydrazine groups is 1. The Balaban J connectivity index is 2.33. The highest BCUT2D eigenvalue weighted by molar-refractivity contribution is 5.77. The smallest absolute Gasteiger partial charge is 0.130 e. The first-order valence-corrected chi connectivity index (χ1v) is 7.38. The van der Waals surface area contributed by atoms with Gasteiger partial charge in [-0.05, 0) is 36.7 Å². The van der Waals surface area contributed by atoms with Gasteiger partial charge in [-0.2, -0.15) is 0 Å². The second-order valence-corrected chi connectivity index (χ2v) is 5.13. The lowest BCUT2D eigenvalue weighted by Gasteiger charge is -2.16. The highest BCUT2D eigenvalue weighted by Gasteiger charge is 2.12. The van der Waals surface area contributed by atoms with E-state index in [9.17, 15) is 0 Å². The van der Waals surface area contributed by atoms with Gasteiger partial charge in [0.05, 0.1) is 19.8 Å². The quantitative estimate of drug-likeness (QED) is 0.797. The second-order valence-electron chi connectivity index (χ2n) is 5.13. The van der Waals surface area contributed by atoms with Crippen LogP contribution in [0.1, 0.15) is 5.56 Å². The second kappa shape index (κ2) is 7.82. The fraction of sp³-hybridized carbons (Fsp3) is 0.333. The van der Waals surface area contributed by atoms with Crippen LogP contribution >= 0.6 is 0 Å². The molecule has 2 rings (SSSR count). The molecule has 22 heavy (non-hydrogen) atoms. The number of ether oxygens (including phenoxy) is 2. The molecule has 118 valence electrons. The zero-order valence-electron chi connectivity index (χ0n) is 13.7. The van der Waals surface area contributed by atoms with Crippen molar-refractivity contribution >= 4 is 0 Å². The molecule has 0 saturated heterocycles. The monoisotopic (exact) mass is 300 g/mol. The van der Waals surface area contributed by atoms with Gasteiger partial charge in [0.25, 0.3) is 0 Å². The Morgan fingerprint density at radius 2 is 1.64 bits per heavy atom. The third kappa shape index (κ3) is 3.78. The van der Waals surface area contributed by atoms with Crippen molar-refractivity contribution in [2.24, 2.45) is 0 Å². The van der Waals surface area contributed by atoms with Gasteiger partial charge in [-0.3, -0.25) is 5.43 Å². The molecule has 0 aromatic heterocycles. The Kier molecular flexibility index (Phi) is 5.81. The molecule has 0 unspecified atom stereocenters. The predicted molar refractivity (Wildman–Crippen MR) is 90.4 cm³/mol. The highest BCUT2D eigenvalue weighted by atomic mass is 16.5. The van der Waals surface area contributed by atoms with Crippen LogP contribution in [0.4, 0.5) is 0 Å². The topological polar surface area (TPSA) is 33.7 Å². The summed E-state index contributed by atoms with van der Waals surface area (Å²) in [5.41, 5.74) is 6.50. The number of hydrogen-bond acceptors (Lipinski definition) is 4. The summed E-state index contributed by atoms with van der Waals surface area (Å²) in [5.74, 6) is 1.65. The molecule has 4 nitrogen and oxygen atoms in total. The van der Waals surface area contributed by atoms with E-state index < -0.39 is 0 Å². The van der Waals surface area contributed by atoms with Gasteiger partial charge in [0.2, 0.25) is 0 Å². The first-order chi connectivity index (χ1) is 10.7. The molecule has 0 aliphatic heterocycles. The van der Waals surface area contributed by atoms with E-state index in [0.717, 1.165) is 35.6 Å². The number of methoxy groups -OCH3 is 2. The summed E-state index contributed by atoms with van der Waals surface area (Å²) in [5, 5.41) is 2.07. The average Bonchev–Trinajstić information content (AvgIpc) is 2.58. The molecule has 0 atom stereocenters. The molecule has 2 aromatic rings. The lowest BCUT2D eigenvalue weighted by molar-refractivity contribution is 0.264. The van der Waals surface area contributed by atoms with E-state index in [1.54, 1.807) is 14.2 Å². The van der Waals surface area contributed by atoms with Gasteiger partial charge >= 0.3 is 0 Å². The van der Waals surface area contributed by atoms with Crippen molar-refractivity contribution in [1.82, 2.24) is 10.4 Å². The highest BCUT2D eigenvalue weighted by Crippen LogP contribution is 2.38. The van der Waals surface area contributed by atoms with E-state index in [2.05, 4.69) is 34.7 Å². The predicted octanol–water partition coefficient (Wildman–Crippen LogP) is 2.98. The minimum Gasteiger partial charge on any atom is -0.496 e. The molecule has 0 bridgehead atoms. The summed E-state index contributed by atoms with van der Waals surface area (Å²) in [6, 6.07) is 14.4. The van der Waals surface area contributed by atoms with Crippen molar-refractivity contribution in [3.05, 3.63) is 48.0 Å². The summed E-state index contributed by atoms with van der Waals surface area (Å²) in [6.07, 6.45) is 0.975. The Bertz CT molecular complexity index is 592. The molecule has 0 aliphatic rings. The molecule has 0 saturated carbocycles. The van der Waals surface area contributed by atoms with Crippen LogP contribution in [0.15, 0.2) is 42.5 Å². The van der Waals surface area contributed by atoms with Crippen LogP contribution in [0.5, 0.6) is 11.5 Å². The van der Waals surface area contributed by atoms with Crippen molar-refractivity contribution in [2.45, 2.75) is 6.42 Å².